The monoisotopic (exact) mass is 198 g/mol. The first kappa shape index (κ1) is 10.4. The van der Waals surface area contributed by atoms with Crippen LogP contribution in [0.15, 0.2) is 0 Å². The van der Waals surface area contributed by atoms with E-state index in [4.69, 9.17) is 10.5 Å². The molecule has 1 saturated carbocycles. The number of ether oxygens (including phenoxy) is 1. The maximum atomic E-state index is 5.93. The smallest absolute Gasteiger partial charge is 0.0607 e. The minimum atomic E-state index is 0.274. The summed E-state index contributed by atoms with van der Waals surface area (Å²) in [4.78, 5) is 2.61. The molecule has 2 N–H and O–H groups in total. The second-order valence-corrected chi connectivity index (χ2v) is 4.88. The first-order chi connectivity index (χ1) is 6.72. The number of methoxy groups -OCH3 is 1. The largest absolute Gasteiger partial charge is 0.381 e. The molecular weight excluding hydrogens is 176 g/mol. The van der Waals surface area contributed by atoms with Crippen LogP contribution in [0.4, 0.5) is 0 Å². The Morgan fingerprint density at radius 3 is 2.64 bits per heavy atom. The Morgan fingerprint density at radius 1 is 1.50 bits per heavy atom. The number of likely N-dealkylation sites (tertiary alicyclic amines) is 1. The van der Waals surface area contributed by atoms with Crippen molar-refractivity contribution in [3.8, 4) is 0 Å². The van der Waals surface area contributed by atoms with E-state index in [1.807, 2.05) is 0 Å². The van der Waals surface area contributed by atoms with Crippen molar-refractivity contribution in [1.82, 2.24) is 4.90 Å². The van der Waals surface area contributed by atoms with E-state index in [1.165, 1.54) is 19.4 Å². The van der Waals surface area contributed by atoms with Gasteiger partial charge in [0.25, 0.3) is 0 Å². The minimum Gasteiger partial charge on any atom is -0.381 e. The van der Waals surface area contributed by atoms with Gasteiger partial charge in [0, 0.05) is 25.2 Å². The lowest BCUT2D eigenvalue weighted by Gasteiger charge is -2.53. The summed E-state index contributed by atoms with van der Waals surface area (Å²) in [7, 11) is 1.80. The van der Waals surface area contributed by atoms with Gasteiger partial charge in [-0.05, 0) is 39.2 Å². The lowest BCUT2D eigenvalue weighted by Crippen LogP contribution is -2.64. The maximum Gasteiger partial charge on any atom is 0.0607 e. The molecule has 1 aliphatic heterocycles. The van der Waals surface area contributed by atoms with E-state index in [2.05, 4.69) is 11.8 Å². The SMILES string of the molecule is COC1CC(CN)(N2CCCC2C)C1. The van der Waals surface area contributed by atoms with Gasteiger partial charge in [0.2, 0.25) is 0 Å². The third-order valence-electron chi connectivity index (χ3n) is 4.09. The molecule has 0 aromatic heterocycles. The van der Waals surface area contributed by atoms with Crippen LogP contribution in [0.2, 0.25) is 0 Å². The highest BCUT2D eigenvalue weighted by Gasteiger charge is 2.49. The van der Waals surface area contributed by atoms with E-state index < -0.39 is 0 Å². The Hall–Kier alpha value is -0.120. The standard InChI is InChI=1S/C11H22N2O/c1-9-4-3-5-13(9)11(8-12)6-10(7-11)14-2/h9-10H,3-8,12H2,1-2H3. The third kappa shape index (κ3) is 1.47. The molecule has 82 valence electrons. The number of hydrogen-bond acceptors (Lipinski definition) is 3. The van der Waals surface area contributed by atoms with Crippen LogP contribution < -0.4 is 5.73 Å². The summed E-state index contributed by atoms with van der Waals surface area (Å²) in [6.07, 6.45) is 5.38. The van der Waals surface area contributed by atoms with Crippen molar-refractivity contribution in [3.05, 3.63) is 0 Å². The number of nitrogens with zero attached hydrogens (tertiary/aromatic N) is 1. The van der Waals surface area contributed by atoms with E-state index in [0.717, 1.165) is 25.4 Å². The fraction of sp³-hybridized carbons (Fsp3) is 1.00. The molecule has 3 heteroatoms. The van der Waals surface area contributed by atoms with Gasteiger partial charge in [-0.3, -0.25) is 4.90 Å². The molecule has 1 atom stereocenters. The Labute approximate surface area is 86.6 Å². The highest BCUT2D eigenvalue weighted by Crippen LogP contribution is 2.42. The van der Waals surface area contributed by atoms with Gasteiger partial charge in [0.05, 0.1) is 6.10 Å². The normalized spacial score (nSPS) is 43.9. The van der Waals surface area contributed by atoms with Crippen LogP contribution in [-0.2, 0) is 4.74 Å². The van der Waals surface area contributed by atoms with Gasteiger partial charge in [-0.15, -0.1) is 0 Å². The Balaban J connectivity index is 2.00. The molecule has 2 aliphatic rings. The molecule has 0 aromatic carbocycles. The van der Waals surface area contributed by atoms with Crippen molar-refractivity contribution < 1.29 is 4.74 Å². The lowest BCUT2D eigenvalue weighted by atomic mass is 9.72. The molecule has 0 spiro atoms. The van der Waals surface area contributed by atoms with Crippen molar-refractivity contribution in [3.63, 3.8) is 0 Å². The van der Waals surface area contributed by atoms with Crippen molar-refractivity contribution >= 4 is 0 Å². The molecule has 2 rings (SSSR count). The Kier molecular flexibility index (Phi) is 2.82. The zero-order valence-corrected chi connectivity index (χ0v) is 9.33. The fourth-order valence-corrected chi connectivity index (χ4v) is 3.11. The second-order valence-electron chi connectivity index (χ2n) is 4.88. The van der Waals surface area contributed by atoms with Crippen molar-refractivity contribution in [2.24, 2.45) is 5.73 Å². The zero-order valence-electron chi connectivity index (χ0n) is 9.33. The summed E-state index contributed by atoms with van der Waals surface area (Å²) in [6.45, 7) is 4.34. The minimum absolute atomic E-state index is 0.274. The van der Waals surface area contributed by atoms with Crippen LogP contribution in [0.1, 0.15) is 32.6 Å². The summed E-state index contributed by atoms with van der Waals surface area (Å²) in [6, 6.07) is 0.719. The van der Waals surface area contributed by atoms with Crippen LogP contribution in [0.3, 0.4) is 0 Å². The number of hydrogen-bond donors (Lipinski definition) is 1. The zero-order chi connectivity index (χ0) is 10.2. The van der Waals surface area contributed by atoms with Crippen LogP contribution in [0, 0.1) is 0 Å². The highest BCUT2D eigenvalue weighted by molar-refractivity contribution is 5.06. The molecular formula is C11H22N2O. The topological polar surface area (TPSA) is 38.5 Å². The lowest BCUT2D eigenvalue weighted by molar-refractivity contribution is -0.0898. The van der Waals surface area contributed by atoms with E-state index in [0.29, 0.717) is 6.10 Å². The molecule has 1 heterocycles. The van der Waals surface area contributed by atoms with Crippen molar-refractivity contribution in [2.75, 3.05) is 20.2 Å². The summed E-state index contributed by atoms with van der Waals surface area (Å²) in [5.41, 5.74) is 6.20. The molecule has 1 saturated heterocycles. The summed E-state index contributed by atoms with van der Waals surface area (Å²) >= 11 is 0. The second kappa shape index (κ2) is 3.80. The number of rotatable bonds is 3. The third-order valence-corrected chi connectivity index (χ3v) is 4.09. The van der Waals surface area contributed by atoms with E-state index in [-0.39, 0.29) is 5.54 Å². The van der Waals surface area contributed by atoms with Gasteiger partial charge in [0.1, 0.15) is 0 Å². The summed E-state index contributed by atoms with van der Waals surface area (Å²) in [5.74, 6) is 0. The van der Waals surface area contributed by atoms with Crippen LogP contribution >= 0.6 is 0 Å². The molecule has 1 unspecified atom stereocenters. The van der Waals surface area contributed by atoms with E-state index >= 15 is 0 Å². The fourth-order valence-electron chi connectivity index (χ4n) is 3.11. The quantitative estimate of drug-likeness (QED) is 0.734. The molecule has 2 fully saturated rings. The molecule has 0 bridgehead atoms. The summed E-state index contributed by atoms with van der Waals surface area (Å²) in [5, 5.41) is 0. The van der Waals surface area contributed by atoms with Crippen LogP contribution in [-0.4, -0.2) is 42.8 Å². The molecule has 1 aliphatic carbocycles. The first-order valence-electron chi connectivity index (χ1n) is 5.71. The van der Waals surface area contributed by atoms with Gasteiger partial charge in [-0.1, -0.05) is 0 Å². The average Bonchev–Trinajstić information content (AvgIpc) is 2.53. The molecule has 3 nitrogen and oxygen atoms in total. The highest BCUT2D eigenvalue weighted by atomic mass is 16.5. The van der Waals surface area contributed by atoms with Crippen molar-refractivity contribution in [2.45, 2.75) is 50.3 Å². The van der Waals surface area contributed by atoms with Crippen LogP contribution in [0.25, 0.3) is 0 Å². The Bertz CT molecular complexity index is 201. The predicted molar refractivity (Wildman–Crippen MR) is 57.2 cm³/mol. The first-order valence-corrected chi connectivity index (χ1v) is 5.71. The molecule has 0 aromatic rings. The Morgan fingerprint density at radius 2 is 2.21 bits per heavy atom. The van der Waals surface area contributed by atoms with Gasteiger partial charge >= 0.3 is 0 Å². The molecule has 0 radical (unpaired) electrons. The van der Waals surface area contributed by atoms with E-state index in [1.54, 1.807) is 7.11 Å². The van der Waals surface area contributed by atoms with Crippen LogP contribution in [0.5, 0.6) is 0 Å². The maximum absolute atomic E-state index is 5.93. The van der Waals surface area contributed by atoms with Gasteiger partial charge < -0.3 is 10.5 Å². The van der Waals surface area contributed by atoms with Gasteiger partial charge in [-0.25, -0.2) is 0 Å². The average molecular weight is 198 g/mol. The van der Waals surface area contributed by atoms with Gasteiger partial charge in [0.15, 0.2) is 0 Å². The van der Waals surface area contributed by atoms with E-state index in [9.17, 15) is 0 Å². The number of nitrogens with two attached hydrogens (primary N) is 1. The summed E-state index contributed by atoms with van der Waals surface area (Å²) < 4.78 is 5.36. The molecule has 14 heavy (non-hydrogen) atoms. The predicted octanol–water partition coefficient (Wildman–Crippen LogP) is 0.977. The van der Waals surface area contributed by atoms with Crippen molar-refractivity contribution in [1.29, 1.82) is 0 Å². The van der Waals surface area contributed by atoms with Gasteiger partial charge in [-0.2, -0.15) is 0 Å². The molecule has 0 amide bonds.